The number of nitrogens with one attached hydrogen (secondary N) is 2. The zero-order valence-electron chi connectivity index (χ0n) is 15.7. The number of amides is 3. The molecule has 1 aromatic rings. The summed E-state index contributed by atoms with van der Waals surface area (Å²) in [4.78, 5) is 40.3. The second kappa shape index (κ2) is 9.33. The van der Waals surface area contributed by atoms with E-state index in [1.807, 2.05) is 30.3 Å². The van der Waals surface area contributed by atoms with E-state index in [9.17, 15) is 14.4 Å². The zero-order valence-corrected chi connectivity index (χ0v) is 15.7. The van der Waals surface area contributed by atoms with Gasteiger partial charge in [-0.05, 0) is 32.4 Å². The van der Waals surface area contributed by atoms with E-state index < -0.39 is 6.04 Å². The molecule has 0 spiro atoms. The van der Waals surface area contributed by atoms with Crippen LogP contribution < -0.4 is 10.6 Å². The van der Waals surface area contributed by atoms with Crippen LogP contribution in [0, 0.1) is 0 Å². The minimum atomic E-state index is -0.449. The number of carbonyl (C=O) groups excluding carboxylic acids is 3. The van der Waals surface area contributed by atoms with E-state index in [0.717, 1.165) is 12.0 Å². The van der Waals surface area contributed by atoms with Crippen molar-refractivity contribution in [2.45, 2.75) is 38.4 Å². The van der Waals surface area contributed by atoms with Gasteiger partial charge in [0.15, 0.2) is 0 Å². The zero-order chi connectivity index (χ0) is 19.1. The first-order valence-electron chi connectivity index (χ1n) is 8.97. The van der Waals surface area contributed by atoms with Gasteiger partial charge in [-0.15, -0.1) is 0 Å². The molecule has 1 heterocycles. The third kappa shape index (κ3) is 5.05. The minimum absolute atomic E-state index is 0.0605. The second-order valence-corrected chi connectivity index (χ2v) is 6.65. The molecule has 3 amide bonds. The molecule has 7 nitrogen and oxygen atoms in total. The van der Waals surface area contributed by atoms with Crippen molar-refractivity contribution in [1.82, 2.24) is 20.4 Å². The summed E-state index contributed by atoms with van der Waals surface area (Å²) in [5.41, 5.74) is 1.05. The van der Waals surface area contributed by atoms with Crippen LogP contribution in [0.1, 0.15) is 25.3 Å². The molecule has 1 saturated heterocycles. The molecule has 26 heavy (non-hydrogen) atoms. The lowest BCUT2D eigenvalue weighted by atomic mass is 10.1. The average molecular weight is 360 g/mol. The number of hydrogen-bond acceptors (Lipinski definition) is 4. The van der Waals surface area contributed by atoms with E-state index in [0.29, 0.717) is 19.5 Å². The lowest BCUT2D eigenvalue weighted by Gasteiger charge is -2.28. The minimum Gasteiger partial charge on any atom is -0.346 e. The standard InChI is InChI=1S/C19H28N4O3/c1-14(20-2)18(25)21-12-17(24)23-11-7-10-16(23)19(26)22(3)13-15-8-5-4-6-9-15/h4-6,8-9,14,16,20H,7,10-13H2,1-3H3,(H,21,25)/t14-,16-/m0/s1. The van der Waals surface area contributed by atoms with Gasteiger partial charge in [-0.2, -0.15) is 0 Å². The smallest absolute Gasteiger partial charge is 0.245 e. The van der Waals surface area contributed by atoms with Crippen molar-refractivity contribution in [3.63, 3.8) is 0 Å². The molecule has 1 aliphatic rings. The number of benzene rings is 1. The lowest BCUT2D eigenvalue weighted by Crippen LogP contribution is -2.50. The van der Waals surface area contributed by atoms with Gasteiger partial charge in [-0.3, -0.25) is 14.4 Å². The van der Waals surface area contributed by atoms with E-state index in [-0.39, 0.29) is 30.3 Å². The number of hydrogen-bond donors (Lipinski definition) is 2. The van der Waals surface area contributed by atoms with Crippen LogP contribution in [-0.2, 0) is 20.9 Å². The molecule has 0 bridgehead atoms. The van der Waals surface area contributed by atoms with Gasteiger partial charge < -0.3 is 20.4 Å². The third-order valence-electron chi connectivity index (χ3n) is 4.74. The Hall–Kier alpha value is -2.41. The van der Waals surface area contributed by atoms with Crippen LogP contribution in [0.15, 0.2) is 30.3 Å². The van der Waals surface area contributed by atoms with Crippen molar-refractivity contribution in [2.75, 3.05) is 27.2 Å². The Balaban J connectivity index is 1.92. The van der Waals surface area contributed by atoms with Crippen LogP contribution in [0.5, 0.6) is 0 Å². The Labute approximate surface area is 154 Å². The first-order chi connectivity index (χ1) is 12.4. The summed E-state index contributed by atoms with van der Waals surface area (Å²) in [6.45, 7) is 2.69. The highest BCUT2D eigenvalue weighted by Crippen LogP contribution is 2.20. The van der Waals surface area contributed by atoms with Crippen molar-refractivity contribution >= 4 is 17.7 Å². The van der Waals surface area contributed by atoms with Crippen LogP contribution >= 0.6 is 0 Å². The molecule has 1 aromatic carbocycles. The first-order valence-corrected chi connectivity index (χ1v) is 8.97. The van der Waals surface area contributed by atoms with E-state index in [2.05, 4.69) is 10.6 Å². The molecule has 2 N–H and O–H groups in total. The highest BCUT2D eigenvalue weighted by Gasteiger charge is 2.35. The van der Waals surface area contributed by atoms with Crippen molar-refractivity contribution in [3.05, 3.63) is 35.9 Å². The van der Waals surface area contributed by atoms with Gasteiger partial charge in [-0.1, -0.05) is 30.3 Å². The lowest BCUT2D eigenvalue weighted by molar-refractivity contribution is -0.143. The maximum atomic E-state index is 12.8. The van der Waals surface area contributed by atoms with Crippen molar-refractivity contribution in [3.8, 4) is 0 Å². The van der Waals surface area contributed by atoms with Crippen molar-refractivity contribution in [2.24, 2.45) is 0 Å². The van der Waals surface area contributed by atoms with Gasteiger partial charge in [0.25, 0.3) is 0 Å². The number of carbonyl (C=O) groups is 3. The fraction of sp³-hybridized carbons (Fsp3) is 0.526. The largest absolute Gasteiger partial charge is 0.346 e. The summed E-state index contributed by atoms with van der Waals surface area (Å²) in [5.74, 6) is -0.510. The topological polar surface area (TPSA) is 81.8 Å². The highest BCUT2D eigenvalue weighted by molar-refractivity contribution is 5.91. The Bertz CT molecular complexity index is 635. The van der Waals surface area contributed by atoms with Crippen LogP contribution in [0.25, 0.3) is 0 Å². The van der Waals surface area contributed by atoms with E-state index in [4.69, 9.17) is 0 Å². The molecule has 1 fully saturated rings. The highest BCUT2D eigenvalue weighted by atomic mass is 16.2. The SMILES string of the molecule is CN[C@@H](C)C(=O)NCC(=O)N1CCC[C@H]1C(=O)N(C)Cc1ccccc1. The number of likely N-dealkylation sites (N-methyl/N-ethyl adjacent to an activating group) is 2. The molecule has 0 saturated carbocycles. The van der Waals surface area contributed by atoms with Gasteiger partial charge in [0, 0.05) is 20.1 Å². The average Bonchev–Trinajstić information content (AvgIpc) is 3.15. The van der Waals surface area contributed by atoms with Crippen LogP contribution in [0.4, 0.5) is 0 Å². The monoisotopic (exact) mass is 360 g/mol. The Kier molecular flexibility index (Phi) is 7.15. The molecule has 0 radical (unpaired) electrons. The van der Waals surface area contributed by atoms with Gasteiger partial charge in [-0.25, -0.2) is 0 Å². The summed E-state index contributed by atoms with van der Waals surface area (Å²) in [5, 5.41) is 5.45. The summed E-state index contributed by atoms with van der Waals surface area (Å²) >= 11 is 0. The van der Waals surface area contributed by atoms with E-state index in [1.54, 1.807) is 30.8 Å². The molecular formula is C19H28N4O3. The van der Waals surface area contributed by atoms with Gasteiger partial charge in [0.2, 0.25) is 17.7 Å². The summed E-state index contributed by atoms with van der Waals surface area (Å²) in [7, 11) is 3.44. The Morgan fingerprint density at radius 3 is 2.62 bits per heavy atom. The number of rotatable bonds is 7. The molecular weight excluding hydrogens is 332 g/mol. The molecule has 7 heteroatoms. The maximum Gasteiger partial charge on any atom is 0.245 e. The van der Waals surface area contributed by atoms with Crippen LogP contribution in [-0.4, -0.2) is 66.8 Å². The summed E-state index contributed by atoms with van der Waals surface area (Å²) in [6.07, 6.45) is 1.45. The van der Waals surface area contributed by atoms with Crippen LogP contribution in [0.2, 0.25) is 0 Å². The second-order valence-electron chi connectivity index (χ2n) is 6.65. The molecule has 0 aromatic heterocycles. The van der Waals surface area contributed by atoms with E-state index >= 15 is 0 Å². The fourth-order valence-electron chi connectivity index (χ4n) is 3.06. The summed E-state index contributed by atoms with van der Waals surface area (Å²) in [6, 6.07) is 8.94. The molecule has 142 valence electrons. The van der Waals surface area contributed by atoms with E-state index in [1.165, 1.54) is 0 Å². The summed E-state index contributed by atoms with van der Waals surface area (Å²) < 4.78 is 0. The predicted octanol–water partition coefficient (Wildman–Crippen LogP) is 0.360. The molecule has 2 atom stereocenters. The molecule has 2 rings (SSSR count). The third-order valence-corrected chi connectivity index (χ3v) is 4.74. The van der Waals surface area contributed by atoms with Gasteiger partial charge >= 0.3 is 0 Å². The fourth-order valence-corrected chi connectivity index (χ4v) is 3.06. The normalized spacial score (nSPS) is 17.7. The number of nitrogens with zero attached hydrogens (tertiary/aromatic N) is 2. The Morgan fingerprint density at radius 1 is 1.27 bits per heavy atom. The Morgan fingerprint density at radius 2 is 1.96 bits per heavy atom. The van der Waals surface area contributed by atoms with Crippen LogP contribution in [0.3, 0.4) is 0 Å². The quantitative estimate of drug-likeness (QED) is 0.736. The first kappa shape index (κ1) is 19.9. The molecule has 1 aliphatic heterocycles. The van der Waals surface area contributed by atoms with Gasteiger partial charge in [0.1, 0.15) is 6.04 Å². The molecule has 0 unspecified atom stereocenters. The van der Waals surface area contributed by atoms with Gasteiger partial charge in [0.05, 0.1) is 12.6 Å². The molecule has 0 aliphatic carbocycles. The predicted molar refractivity (Wildman–Crippen MR) is 99.2 cm³/mol. The van der Waals surface area contributed by atoms with Crippen molar-refractivity contribution < 1.29 is 14.4 Å². The number of likely N-dealkylation sites (tertiary alicyclic amines) is 1. The van der Waals surface area contributed by atoms with Crippen molar-refractivity contribution in [1.29, 1.82) is 0 Å². The maximum absolute atomic E-state index is 12.8.